The number of alkyl halides is 3. The van der Waals surface area contributed by atoms with Gasteiger partial charge in [-0.15, -0.1) is 11.3 Å². The van der Waals surface area contributed by atoms with Crippen LogP contribution in [0.4, 0.5) is 24.0 Å². The molecule has 2 rings (SSSR count). The maximum Gasteiger partial charge on any atom is 0.417 e. The van der Waals surface area contributed by atoms with Crippen molar-refractivity contribution in [1.82, 2.24) is 9.97 Å². The molecule has 7 heteroatoms. The molecule has 2 aromatic heterocycles. The van der Waals surface area contributed by atoms with Gasteiger partial charge in [-0.05, 0) is 13.0 Å². The fourth-order valence-corrected chi connectivity index (χ4v) is 2.45. The van der Waals surface area contributed by atoms with Crippen molar-refractivity contribution in [1.29, 1.82) is 0 Å². The van der Waals surface area contributed by atoms with Gasteiger partial charge in [0.1, 0.15) is 0 Å². The van der Waals surface area contributed by atoms with Crippen LogP contribution in [0.2, 0.25) is 0 Å². The van der Waals surface area contributed by atoms with Crippen LogP contribution in [0.15, 0.2) is 54.7 Å². The van der Waals surface area contributed by atoms with Gasteiger partial charge in [0, 0.05) is 17.2 Å². The van der Waals surface area contributed by atoms with Crippen molar-refractivity contribution in [2.75, 3.05) is 5.32 Å². The van der Waals surface area contributed by atoms with Gasteiger partial charge in [0.2, 0.25) is 0 Å². The van der Waals surface area contributed by atoms with E-state index in [4.69, 9.17) is 0 Å². The molecule has 0 atom stereocenters. The zero-order valence-electron chi connectivity index (χ0n) is 12.3. The summed E-state index contributed by atoms with van der Waals surface area (Å²) in [5, 5.41) is 5.12. The second-order valence-corrected chi connectivity index (χ2v) is 5.33. The third-order valence-electron chi connectivity index (χ3n) is 2.80. The highest BCUT2D eigenvalue weighted by Gasteiger charge is 2.31. The molecule has 0 aromatic carbocycles. The van der Waals surface area contributed by atoms with Crippen molar-refractivity contribution in [3.8, 4) is 0 Å². The van der Waals surface area contributed by atoms with Gasteiger partial charge in [-0.25, -0.2) is 4.98 Å². The van der Waals surface area contributed by atoms with Crippen molar-refractivity contribution < 1.29 is 13.2 Å². The maximum absolute atomic E-state index is 12.7. The second-order valence-electron chi connectivity index (χ2n) is 4.47. The minimum Gasteiger partial charge on any atom is -0.330 e. The van der Waals surface area contributed by atoms with Crippen molar-refractivity contribution >= 4 is 27.7 Å². The second kappa shape index (κ2) is 7.23. The summed E-state index contributed by atoms with van der Waals surface area (Å²) in [6, 6.07) is 0.998. The maximum atomic E-state index is 12.7. The van der Waals surface area contributed by atoms with Gasteiger partial charge in [0.25, 0.3) is 0 Å². The third-order valence-corrected chi connectivity index (χ3v) is 3.56. The van der Waals surface area contributed by atoms with E-state index in [1.165, 1.54) is 17.5 Å². The molecule has 0 amide bonds. The lowest BCUT2D eigenvalue weighted by Crippen LogP contribution is -2.06. The Labute approximate surface area is 135 Å². The average Bonchev–Trinajstić information content (AvgIpc) is 2.96. The molecule has 0 fully saturated rings. The van der Waals surface area contributed by atoms with E-state index >= 15 is 0 Å². The summed E-state index contributed by atoms with van der Waals surface area (Å²) in [6.45, 7) is 5.62. The summed E-state index contributed by atoms with van der Waals surface area (Å²) in [4.78, 5) is 7.95. The summed E-state index contributed by atoms with van der Waals surface area (Å²) < 4.78 is 38.0. The van der Waals surface area contributed by atoms with Crippen molar-refractivity contribution in [3.63, 3.8) is 0 Å². The molecule has 0 bridgehead atoms. The molecule has 0 aliphatic heterocycles. The first-order chi connectivity index (χ1) is 10.9. The number of nitrogens with one attached hydrogen (secondary N) is 1. The van der Waals surface area contributed by atoms with E-state index in [0.29, 0.717) is 10.8 Å². The molecule has 0 unspecified atom stereocenters. The van der Waals surface area contributed by atoms with Crippen LogP contribution in [0.1, 0.15) is 18.2 Å². The largest absolute Gasteiger partial charge is 0.417 e. The van der Waals surface area contributed by atoms with Gasteiger partial charge >= 0.3 is 6.18 Å². The molecule has 1 N–H and O–H groups in total. The van der Waals surface area contributed by atoms with Crippen LogP contribution in [0, 0.1) is 0 Å². The Morgan fingerprint density at radius 1 is 1.35 bits per heavy atom. The van der Waals surface area contributed by atoms with Gasteiger partial charge in [-0.2, -0.15) is 13.2 Å². The van der Waals surface area contributed by atoms with Gasteiger partial charge < -0.3 is 5.32 Å². The van der Waals surface area contributed by atoms with Crippen LogP contribution in [-0.4, -0.2) is 9.97 Å². The van der Waals surface area contributed by atoms with Gasteiger partial charge in [-0.1, -0.05) is 30.9 Å². The lowest BCUT2D eigenvalue weighted by Gasteiger charge is -2.08. The molecular weight excluding hydrogens is 323 g/mol. The van der Waals surface area contributed by atoms with E-state index in [2.05, 4.69) is 21.9 Å². The van der Waals surface area contributed by atoms with Crippen molar-refractivity contribution in [2.24, 2.45) is 0 Å². The lowest BCUT2D eigenvalue weighted by atomic mass is 10.2. The monoisotopic (exact) mass is 337 g/mol. The van der Waals surface area contributed by atoms with Gasteiger partial charge in [-0.3, -0.25) is 4.98 Å². The van der Waals surface area contributed by atoms with E-state index in [1.807, 2.05) is 25.2 Å². The van der Waals surface area contributed by atoms with Crippen molar-refractivity contribution in [3.05, 3.63) is 66.0 Å². The highest BCUT2D eigenvalue weighted by Crippen LogP contribution is 2.31. The minimum atomic E-state index is -4.43. The SMILES string of the molecule is C=C/C(=C\C=C/C)c1csc(Nc2cncc(C(F)(F)F)c2)n1. The molecule has 23 heavy (non-hydrogen) atoms. The van der Waals surface area contributed by atoms with E-state index < -0.39 is 11.7 Å². The number of aromatic nitrogens is 2. The summed E-state index contributed by atoms with van der Waals surface area (Å²) in [6.07, 6.45) is 4.95. The quantitative estimate of drug-likeness (QED) is 0.738. The number of rotatable bonds is 5. The zero-order valence-corrected chi connectivity index (χ0v) is 13.1. The first-order valence-corrected chi connectivity index (χ1v) is 7.52. The Bertz CT molecular complexity index is 745. The van der Waals surface area contributed by atoms with Gasteiger partial charge in [0.05, 0.1) is 23.1 Å². The third kappa shape index (κ3) is 4.53. The predicted molar refractivity (Wildman–Crippen MR) is 87.6 cm³/mol. The van der Waals surface area contributed by atoms with Crippen molar-refractivity contribution in [2.45, 2.75) is 13.1 Å². The molecule has 3 nitrogen and oxygen atoms in total. The Kier molecular flexibility index (Phi) is 5.33. The summed E-state index contributed by atoms with van der Waals surface area (Å²) in [5.41, 5.74) is 0.956. The topological polar surface area (TPSA) is 37.8 Å². The standard InChI is InChI=1S/C16H14F3N3S/c1-3-5-6-11(4-2)14-10-23-15(22-14)21-13-7-12(8-20-9-13)16(17,18)19/h3-10H,2H2,1H3,(H,21,22)/b5-3-,11-6+. The minimum absolute atomic E-state index is 0.235. The van der Waals surface area contributed by atoms with E-state index in [1.54, 1.807) is 11.5 Å². The number of anilines is 2. The number of nitrogens with zero attached hydrogens (tertiary/aromatic N) is 2. The average molecular weight is 337 g/mol. The number of pyridine rings is 1. The molecule has 0 radical (unpaired) electrons. The molecule has 0 saturated heterocycles. The van der Waals surface area contributed by atoms with Crippen LogP contribution in [0.25, 0.3) is 5.57 Å². The summed E-state index contributed by atoms with van der Waals surface area (Å²) in [5.74, 6) is 0. The smallest absolute Gasteiger partial charge is 0.330 e. The Hall–Kier alpha value is -2.41. The van der Waals surface area contributed by atoms with Crippen LogP contribution >= 0.6 is 11.3 Å². The number of hydrogen-bond acceptors (Lipinski definition) is 4. The van der Waals surface area contributed by atoms with Crippen LogP contribution in [0.5, 0.6) is 0 Å². The molecule has 0 spiro atoms. The number of hydrogen-bond donors (Lipinski definition) is 1. The number of thiazole rings is 1. The van der Waals surface area contributed by atoms with E-state index in [-0.39, 0.29) is 5.69 Å². The van der Waals surface area contributed by atoms with Gasteiger partial charge in [0.15, 0.2) is 5.13 Å². The molecule has 0 aliphatic carbocycles. The fourth-order valence-electron chi connectivity index (χ4n) is 1.71. The molecule has 0 aliphatic rings. The van der Waals surface area contributed by atoms with E-state index in [0.717, 1.165) is 17.8 Å². The Morgan fingerprint density at radius 3 is 2.78 bits per heavy atom. The van der Waals surface area contributed by atoms with Crippen LogP contribution < -0.4 is 5.32 Å². The van der Waals surface area contributed by atoms with Crippen LogP contribution in [0.3, 0.4) is 0 Å². The fraction of sp³-hybridized carbons (Fsp3) is 0.125. The predicted octanol–water partition coefficient (Wildman–Crippen LogP) is 5.45. The highest BCUT2D eigenvalue weighted by atomic mass is 32.1. The molecular formula is C16H14F3N3S. The van der Waals surface area contributed by atoms with E-state index in [9.17, 15) is 13.2 Å². The Balaban J connectivity index is 2.21. The number of halogens is 3. The number of allylic oxidation sites excluding steroid dienone is 5. The molecule has 2 heterocycles. The summed E-state index contributed by atoms with van der Waals surface area (Å²) >= 11 is 1.29. The molecule has 2 aromatic rings. The molecule has 120 valence electrons. The zero-order chi connectivity index (χ0) is 16.9. The first-order valence-electron chi connectivity index (χ1n) is 6.64. The normalized spacial score (nSPS) is 12.6. The molecule has 0 saturated carbocycles. The Morgan fingerprint density at radius 2 is 2.13 bits per heavy atom. The highest BCUT2D eigenvalue weighted by molar-refractivity contribution is 7.13. The summed E-state index contributed by atoms with van der Waals surface area (Å²) in [7, 11) is 0. The van der Waals surface area contributed by atoms with Crippen LogP contribution in [-0.2, 0) is 6.18 Å². The first kappa shape index (κ1) is 17.0. The lowest BCUT2D eigenvalue weighted by molar-refractivity contribution is -0.137.